The van der Waals surface area contributed by atoms with Gasteiger partial charge >= 0.3 is 0 Å². The highest BCUT2D eigenvalue weighted by Gasteiger charge is 2.07. The molecule has 7 heteroatoms. The summed E-state index contributed by atoms with van der Waals surface area (Å²) in [6.45, 7) is 3.79. The molecule has 0 aliphatic heterocycles. The molecule has 0 atom stereocenters. The average Bonchev–Trinajstić information content (AvgIpc) is 3.03. The lowest BCUT2D eigenvalue weighted by Gasteiger charge is -2.13. The molecule has 7 nitrogen and oxygen atoms in total. The van der Waals surface area contributed by atoms with Crippen molar-refractivity contribution in [2.24, 2.45) is 4.99 Å². The molecule has 2 aromatic carbocycles. The van der Waals surface area contributed by atoms with E-state index in [1.165, 1.54) is 0 Å². The summed E-state index contributed by atoms with van der Waals surface area (Å²) in [5.74, 6) is 1.51. The van der Waals surface area contributed by atoms with Crippen molar-refractivity contribution in [2.45, 2.75) is 19.9 Å². The van der Waals surface area contributed by atoms with Crippen LogP contribution in [0.25, 0.3) is 11.0 Å². The zero-order chi connectivity index (χ0) is 19.8. The Morgan fingerprint density at radius 3 is 2.61 bits per heavy atom. The van der Waals surface area contributed by atoms with Gasteiger partial charge in [0.05, 0.1) is 17.6 Å². The van der Waals surface area contributed by atoms with E-state index in [0.717, 1.165) is 42.1 Å². The Hall–Kier alpha value is -3.35. The molecule has 1 heterocycles. The number of hydrogen-bond donors (Lipinski definition) is 3. The van der Waals surface area contributed by atoms with Crippen LogP contribution >= 0.6 is 0 Å². The van der Waals surface area contributed by atoms with Crippen LogP contribution < -0.4 is 16.0 Å². The standard InChI is InChI=1S/C21H26N6O/c1-16-25-18-11-6-7-12-19(18)27(16)14-8-13-23-21(22-2)24-15-20(28)26-17-9-4-3-5-10-17/h3-7,9-12H,8,13-15H2,1-2H3,(H,26,28)(H2,22,23,24). The Labute approximate surface area is 164 Å². The molecule has 1 amide bonds. The van der Waals surface area contributed by atoms with Crippen LogP contribution in [0, 0.1) is 6.92 Å². The first-order valence-electron chi connectivity index (χ1n) is 9.38. The van der Waals surface area contributed by atoms with Crippen LogP contribution in [-0.2, 0) is 11.3 Å². The van der Waals surface area contributed by atoms with E-state index in [1.807, 2.05) is 55.5 Å². The number of carbonyl (C=O) groups is 1. The molecule has 0 saturated heterocycles. The van der Waals surface area contributed by atoms with Gasteiger partial charge < -0.3 is 20.5 Å². The molecule has 0 bridgehead atoms. The van der Waals surface area contributed by atoms with E-state index >= 15 is 0 Å². The number of aliphatic imine (C=N–C) groups is 1. The number of fused-ring (bicyclic) bond motifs is 1. The Kier molecular flexibility index (Phi) is 6.62. The maximum atomic E-state index is 12.0. The number of aryl methyl sites for hydroxylation is 2. The summed E-state index contributed by atoms with van der Waals surface area (Å²) in [5.41, 5.74) is 2.95. The molecule has 28 heavy (non-hydrogen) atoms. The first-order chi connectivity index (χ1) is 13.7. The number of amides is 1. The van der Waals surface area contributed by atoms with Crippen molar-refractivity contribution in [1.29, 1.82) is 0 Å². The van der Waals surface area contributed by atoms with Crippen molar-refractivity contribution in [3.63, 3.8) is 0 Å². The van der Waals surface area contributed by atoms with Crippen molar-refractivity contribution in [2.75, 3.05) is 25.5 Å². The largest absolute Gasteiger partial charge is 0.356 e. The van der Waals surface area contributed by atoms with Crippen LogP contribution in [0.2, 0.25) is 0 Å². The molecule has 3 N–H and O–H groups in total. The number of guanidine groups is 1. The summed E-state index contributed by atoms with van der Waals surface area (Å²) < 4.78 is 2.22. The van der Waals surface area contributed by atoms with Gasteiger partial charge in [-0.05, 0) is 37.6 Å². The van der Waals surface area contributed by atoms with Gasteiger partial charge in [0, 0.05) is 25.8 Å². The maximum absolute atomic E-state index is 12.0. The van der Waals surface area contributed by atoms with Crippen LogP contribution in [0.3, 0.4) is 0 Å². The fourth-order valence-electron chi connectivity index (χ4n) is 3.03. The van der Waals surface area contributed by atoms with Gasteiger partial charge in [0.2, 0.25) is 5.91 Å². The number of carbonyl (C=O) groups excluding carboxylic acids is 1. The number of imidazole rings is 1. The predicted molar refractivity (Wildman–Crippen MR) is 114 cm³/mol. The highest BCUT2D eigenvalue weighted by molar-refractivity contribution is 5.94. The molecule has 0 saturated carbocycles. The Balaban J connectivity index is 1.42. The topological polar surface area (TPSA) is 83.3 Å². The van der Waals surface area contributed by atoms with Crippen molar-refractivity contribution in [1.82, 2.24) is 20.2 Å². The van der Waals surface area contributed by atoms with Gasteiger partial charge in [-0.2, -0.15) is 0 Å². The molecule has 3 aromatic rings. The van der Waals surface area contributed by atoms with Gasteiger partial charge in [0.1, 0.15) is 5.82 Å². The van der Waals surface area contributed by atoms with E-state index in [9.17, 15) is 4.79 Å². The number of benzene rings is 2. The number of hydrogen-bond acceptors (Lipinski definition) is 3. The molecule has 1 aromatic heterocycles. The average molecular weight is 378 g/mol. The summed E-state index contributed by atoms with van der Waals surface area (Å²) in [5, 5.41) is 9.11. The van der Waals surface area contributed by atoms with Gasteiger partial charge in [-0.1, -0.05) is 30.3 Å². The fourth-order valence-corrected chi connectivity index (χ4v) is 3.03. The maximum Gasteiger partial charge on any atom is 0.243 e. The second-order valence-electron chi connectivity index (χ2n) is 6.42. The molecular weight excluding hydrogens is 352 g/mol. The first kappa shape index (κ1) is 19.4. The number of aromatic nitrogens is 2. The Morgan fingerprint density at radius 1 is 1.07 bits per heavy atom. The SMILES string of the molecule is CN=C(NCCCn1c(C)nc2ccccc21)NCC(=O)Nc1ccccc1. The smallest absolute Gasteiger partial charge is 0.243 e. The summed E-state index contributed by atoms with van der Waals surface area (Å²) in [7, 11) is 1.69. The lowest BCUT2D eigenvalue weighted by atomic mass is 10.3. The number of anilines is 1. The lowest BCUT2D eigenvalue weighted by molar-refractivity contribution is -0.115. The zero-order valence-corrected chi connectivity index (χ0v) is 16.3. The summed E-state index contributed by atoms with van der Waals surface area (Å²) in [6.07, 6.45) is 0.915. The van der Waals surface area contributed by atoms with Crippen molar-refractivity contribution >= 4 is 28.6 Å². The molecule has 0 aliphatic rings. The highest BCUT2D eigenvalue weighted by atomic mass is 16.1. The summed E-state index contributed by atoms with van der Waals surface area (Å²) >= 11 is 0. The van der Waals surface area contributed by atoms with Gasteiger partial charge in [0.25, 0.3) is 0 Å². The van der Waals surface area contributed by atoms with E-state index in [0.29, 0.717) is 5.96 Å². The van der Waals surface area contributed by atoms with Crippen molar-refractivity contribution in [3.8, 4) is 0 Å². The third kappa shape index (κ3) is 5.09. The van der Waals surface area contributed by atoms with Crippen LogP contribution in [0.1, 0.15) is 12.2 Å². The summed E-state index contributed by atoms with van der Waals surface area (Å²) in [4.78, 5) is 20.8. The molecule has 3 rings (SSSR count). The minimum atomic E-state index is -0.116. The molecular formula is C21H26N6O. The lowest BCUT2D eigenvalue weighted by Crippen LogP contribution is -2.41. The number of para-hydroxylation sites is 3. The Bertz CT molecular complexity index is 948. The van der Waals surface area contributed by atoms with Crippen LogP contribution in [-0.4, -0.2) is 41.6 Å². The molecule has 146 valence electrons. The van der Waals surface area contributed by atoms with Crippen molar-refractivity contribution < 1.29 is 4.79 Å². The molecule has 0 aliphatic carbocycles. The zero-order valence-electron chi connectivity index (χ0n) is 16.3. The molecule has 0 radical (unpaired) electrons. The second-order valence-corrected chi connectivity index (χ2v) is 6.42. The Morgan fingerprint density at radius 2 is 1.82 bits per heavy atom. The normalized spacial score (nSPS) is 11.4. The third-order valence-electron chi connectivity index (χ3n) is 4.39. The van der Waals surface area contributed by atoms with Gasteiger partial charge in [0.15, 0.2) is 5.96 Å². The fraction of sp³-hybridized carbons (Fsp3) is 0.286. The van der Waals surface area contributed by atoms with Gasteiger partial charge in [-0.3, -0.25) is 9.79 Å². The highest BCUT2D eigenvalue weighted by Crippen LogP contribution is 2.15. The number of nitrogens with zero attached hydrogens (tertiary/aromatic N) is 3. The first-order valence-corrected chi connectivity index (χ1v) is 9.38. The summed E-state index contributed by atoms with van der Waals surface area (Å²) in [6, 6.07) is 17.5. The number of nitrogens with one attached hydrogen (secondary N) is 3. The van der Waals surface area contributed by atoms with Gasteiger partial charge in [-0.15, -0.1) is 0 Å². The molecule has 0 fully saturated rings. The predicted octanol–water partition coefficient (Wildman–Crippen LogP) is 2.54. The van der Waals surface area contributed by atoms with E-state index in [4.69, 9.17) is 0 Å². The van der Waals surface area contributed by atoms with Crippen LogP contribution in [0.5, 0.6) is 0 Å². The van der Waals surface area contributed by atoms with Crippen LogP contribution in [0.4, 0.5) is 5.69 Å². The molecule has 0 unspecified atom stereocenters. The second kappa shape index (κ2) is 9.55. The van der Waals surface area contributed by atoms with E-state index in [1.54, 1.807) is 7.05 Å². The number of rotatable bonds is 7. The van der Waals surface area contributed by atoms with Crippen LogP contribution in [0.15, 0.2) is 59.6 Å². The quantitative estimate of drug-likeness (QED) is 0.335. The monoisotopic (exact) mass is 378 g/mol. The third-order valence-corrected chi connectivity index (χ3v) is 4.39. The van der Waals surface area contributed by atoms with E-state index in [2.05, 4.69) is 36.6 Å². The minimum Gasteiger partial charge on any atom is -0.356 e. The molecule has 0 spiro atoms. The van der Waals surface area contributed by atoms with E-state index < -0.39 is 0 Å². The van der Waals surface area contributed by atoms with Gasteiger partial charge in [-0.25, -0.2) is 4.98 Å². The van der Waals surface area contributed by atoms with E-state index in [-0.39, 0.29) is 12.5 Å². The van der Waals surface area contributed by atoms with Crippen molar-refractivity contribution in [3.05, 3.63) is 60.4 Å². The minimum absolute atomic E-state index is 0.116.